The molecule has 19 heavy (non-hydrogen) atoms. The fraction of sp³-hybridized carbons (Fsp3) is 0.600. The Balaban J connectivity index is 2.09. The van der Waals surface area contributed by atoms with E-state index in [1.807, 2.05) is 13.8 Å². The Morgan fingerprint density at radius 2 is 2.21 bits per heavy atom. The second-order valence-corrected chi connectivity index (χ2v) is 5.44. The highest BCUT2D eigenvalue weighted by atomic mass is 19.1. The minimum Gasteiger partial charge on any atom is -0.487 e. The zero-order valence-corrected chi connectivity index (χ0v) is 11.5. The van der Waals surface area contributed by atoms with Gasteiger partial charge in [0.05, 0.1) is 6.10 Å². The molecule has 0 aliphatic heterocycles. The van der Waals surface area contributed by atoms with Gasteiger partial charge in [-0.25, -0.2) is 4.39 Å². The Labute approximate surface area is 113 Å². The topological polar surface area (TPSA) is 41.5 Å². The average Bonchev–Trinajstić information content (AvgIpc) is 2.75. The largest absolute Gasteiger partial charge is 0.487 e. The fourth-order valence-electron chi connectivity index (χ4n) is 2.32. The highest BCUT2D eigenvalue weighted by Gasteiger charge is 2.27. The maximum Gasteiger partial charge on any atom is 0.124 e. The number of benzene rings is 1. The lowest BCUT2D eigenvalue weighted by Crippen LogP contribution is -2.27. The average molecular weight is 267 g/mol. The molecule has 4 heteroatoms. The summed E-state index contributed by atoms with van der Waals surface area (Å²) in [5, 5.41) is 13.1. The second kappa shape index (κ2) is 6.35. The number of rotatable bonds is 5. The number of halogens is 1. The number of hydrogen-bond donors (Lipinski definition) is 2. The number of nitrogens with one attached hydrogen (secondary N) is 1. The number of ether oxygens (including phenoxy) is 1. The Hall–Kier alpha value is -1.13. The minimum atomic E-state index is -0.407. The SMILES string of the molecule is CC(C)NCc1cc(F)ccc1OC1CCCC1O. The monoisotopic (exact) mass is 267 g/mol. The van der Waals surface area contributed by atoms with E-state index in [-0.39, 0.29) is 11.9 Å². The van der Waals surface area contributed by atoms with E-state index in [1.165, 1.54) is 12.1 Å². The standard InChI is InChI=1S/C15H22FNO2/c1-10(2)17-9-11-8-12(16)6-7-14(11)19-15-5-3-4-13(15)18/h6-8,10,13,15,17-18H,3-5,9H2,1-2H3. The summed E-state index contributed by atoms with van der Waals surface area (Å²) in [6, 6.07) is 4.87. The molecule has 1 aromatic carbocycles. The van der Waals surface area contributed by atoms with Crippen molar-refractivity contribution in [2.75, 3.05) is 0 Å². The molecule has 1 saturated carbocycles. The van der Waals surface area contributed by atoms with Crippen LogP contribution in [0.3, 0.4) is 0 Å². The molecule has 0 aromatic heterocycles. The highest BCUT2D eigenvalue weighted by molar-refractivity contribution is 5.34. The number of hydrogen-bond acceptors (Lipinski definition) is 3. The molecule has 1 aromatic rings. The molecule has 0 bridgehead atoms. The lowest BCUT2D eigenvalue weighted by Gasteiger charge is -2.20. The van der Waals surface area contributed by atoms with Crippen molar-refractivity contribution in [1.29, 1.82) is 0 Å². The van der Waals surface area contributed by atoms with Gasteiger partial charge in [-0.05, 0) is 37.5 Å². The maximum atomic E-state index is 13.3. The Morgan fingerprint density at radius 1 is 1.42 bits per heavy atom. The molecular weight excluding hydrogens is 245 g/mol. The van der Waals surface area contributed by atoms with Crippen LogP contribution < -0.4 is 10.1 Å². The van der Waals surface area contributed by atoms with Gasteiger partial charge in [-0.15, -0.1) is 0 Å². The summed E-state index contributed by atoms with van der Waals surface area (Å²) in [7, 11) is 0. The van der Waals surface area contributed by atoms with Gasteiger partial charge >= 0.3 is 0 Å². The molecule has 0 heterocycles. The van der Waals surface area contributed by atoms with Gasteiger partial charge in [0, 0.05) is 18.2 Å². The number of aliphatic hydroxyl groups is 1. The van der Waals surface area contributed by atoms with Crippen molar-refractivity contribution in [1.82, 2.24) is 5.32 Å². The summed E-state index contributed by atoms with van der Waals surface area (Å²) in [5.41, 5.74) is 0.799. The molecular formula is C15H22FNO2. The van der Waals surface area contributed by atoms with Crippen molar-refractivity contribution in [3.63, 3.8) is 0 Å². The summed E-state index contributed by atoms with van der Waals surface area (Å²) in [5.74, 6) is 0.403. The van der Waals surface area contributed by atoms with Crippen molar-refractivity contribution >= 4 is 0 Å². The lowest BCUT2D eigenvalue weighted by atomic mass is 10.1. The summed E-state index contributed by atoms with van der Waals surface area (Å²) in [4.78, 5) is 0. The maximum absolute atomic E-state index is 13.3. The van der Waals surface area contributed by atoms with E-state index < -0.39 is 6.10 Å². The zero-order chi connectivity index (χ0) is 13.8. The van der Waals surface area contributed by atoms with Gasteiger partial charge in [-0.2, -0.15) is 0 Å². The summed E-state index contributed by atoms with van der Waals surface area (Å²) in [6.45, 7) is 4.65. The van der Waals surface area contributed by atoms with E-state index in [1.54, 1.807) is 6.07 Å². The van der Waals surface area contributed by atoms with Crippen LogP contribution in [-0.2, 0) is 6.54 Å². The van der Waals surface area contributed by atoms with Gasteiger partial charge in [0.2, 0.25) is 0 Å². The molecule has 0 spiro atoms. The van der Waals surface area contributed by atoms with Crippen molar-refractivity contribution < 1.29 is 14.2 Å². The third kappa shape index (κ3) is 3.91. The van der Waals surface area contributed by atoms with Crippen LogP contribution in [-0.4, -0.2) is 23.4 Å². The highest BCUT2D eigenvalue weighted by Crippen LogP contribution is 2.27. The molecule has 2 unspecified atom stereocenters. The molecule has 1 aliphatic rings. The van der Waals surface area contributed by atoms with Crippen LogP contribution in [0.2, 0.25) is 0 Å². The first-order valence-corrected chi connectivity index (χ1v) is 6.93. The molecule has 1 fully saturated rings. The molecule has 106 valence electrons. The molecule has 2 rings (SSSR count). The van der Waals surface area contributed by atoms with Gasteiger partial charge in [0.1, 0.15) is 17.7 Å². The summed E-state index contributed by atoms with van der Waals surface area (Å²) < 4.78 is 19.2. The van der Waals surface area contributed by atoms with Crippen LogP contribution in [0, 0.1) is 5.82 Å². The van der Waals surface area contributed by atoms with Crippen LogP contribution in [0.4, 0.5) is 4.39 Å². The van der Waals surface area contributed by atoms with E-state index in [4.69, 9.17) is 4.74 Å². The van der Waals surface area contributed by atoms with Crippen molar-refractivity contribution in [3.8, 4) is 5.75 Å². The van der Waals surface area contributed by atoms with Crippen LogP contribution >= 0.6 is 0 Å². The third-order valence-corrected chi connectivity index (χ3v) is 3.42. The van der Waals surface area contributed by atoms with Gasteiger partial charge in [-0.3, -0.25) is 0 Å². The van der Waals surface area contributed by atoms with Gasteiger partial charge < -0.3 is 15.2 Å². The predicted molar refractivity (Wildman–Crippen MR) is 72.6 cm³/mol. The third-order valence-electron chi connectivity index (χ3n) is 3.42. The van der Waals surface area contributed by atoms with Gasteiger partial charge in [-0.1, -0.05) is 13.8 Å². The normalized spacial score (nSPS) is 23.0. The molecule has 1 aliphatic carbocycles. The first kappa shape index (κ1) is 14.3. The Morgan fingerprint density at radius 3 is 2.84 bits per heavy atom. The van der Waals surface area contributed by atoms with E-state index in [0.717, 1.165) is 24.8 Å². The molecule has 0 amide bonds. The van der Waals surface area contributed by atoms with Crippen LogP contribution in [0.5, 0.6) is 5.75 Å². The Kier molecular flexibility index (Phi) is 4.77. The molecule has 0 radical (unpaired) electrons. The van der Waals surface area contributed by atoms with Crippen molar-refractivity contribution in [2.45, 2.75) is 57.9 Å². The Bertz CT molecular complexity index is 423. The molecule has 3 nitrogen and oxygen atoms in total. The second-order valence-electron chi connectivity index (χ2n) is 5.44. The van der Waals surface area contributed by atoms with Crippen molar-refractivity contribution in [2.24, 2.45) is 0 Å². The van der Waals surface area contributed by atoms with Crippen LogP contribution in [0.15, 0.2) is 18.2 Å². The van der Waals surface area contributed by atoms with E-state index in [9.17, 15) is 9.50 Å². The van der Waals surface area contributed by atoms with Gasteiger partial charge in [0.15, 0.2) is 0 Å². The predicted octanol–water partition coefficient (Wildman–Crippen LogP) is 2.62. The van der Waals surface area contributed by atoms with E-state index in [2.05, 4.69) is 5.32 Å². The summed E-state index contributed by atoms with van der Waals surface area (Å²) >= 11 is 0. The van der Waals surface area contributed by atoms with E-state index in [0.29, 0.717) is 18.3 Å². The summed E-state index contributed by atoms with van der Waals surface area (Å²) in [6.07, 6.45) is 2.05. The molecule has 2 atom stereocenters. The first-order chi connectivity index (χ1) is 9.06. The van der Waals surface area contributed by atoms with Crippen LogP contribution in [0.25, 0.3) is 0 Å². The molecule has 2 N–H and O–H groups in total. The lowest BCUT2D eigenvalue weighted by molar-refractivity contribution is 0.0596. The fourth-order valence-corrected chi connectivity index (χ4v) is 2.32. The first-order valence-electron chi connectivity index (χ1n) is 6.93. The quantitative estimate of drug-likeness (QED) is 0.861. The zero-order valence-electron chi connectivity index (χ0n) is 11.5. The number of aliphatic hydroxyl groups excluding tert-OH is 1. The van der Waals surface area contributed by atoms with Crippen LogP contribution in [0.1, 0.15) is 38.7 Å². The van der Waals surface area contributed by atoms with Crippen molar-refractivity contribution in [3.05, 3.63) is 29.6 Å². The smallest absolute Gasteiger partial charge is 0.124 e. The van der Waals surface area contributed by atoms with Gasteiger partial charge in [0.25, 0.3) is 0 Å². The van der Waals surface area contributed by atoms with E-state index >= 15 is 0 Å². The molecule has 0 saturated heterocycles. The minimum absolute atomic E-state index is 0.164.